The Morgan fingerprint density at radius 2 is 1.79 bits per heavy atom. The van der Waals surface area contributed by atoms with Crippen LogP contribution in [0.15, 0.2) is 0 Å². The molecule has 1 rings (SSSR count). The molecule has 0 aliphatic carbocycles. The smallest absolute Gasteiger partial charge is 0.250 e. The number of hydrogen-bond donors (Lipinski definition) is 1. The van der Waals surface area contributed by atoms with Gasteiger partial charge in [-0.15, -0.1) is 0 Å². The third-order valence-electron chi connectivity index (χ3n) is 3.11. The lowest BCUT2D eigenvalue weighted by Crippen LogP contribution is -2.26. The van der Waals surface area contributed by atoms with Gasteiger partial charge < -0.3 is 5.32 Å². The minimum absolute atomic E-state index is 0.265. The zero-order chi connectivity index (χ0) is 14.6. The maximum Gasteiger partial charge on any atom is 0.250 e. The minimum Gasteiger partial charge on any atom is -0.302 e. The average molecular weight is 271 g/mol. The van der Waals surface area contributed by atoms with Crippen LogP contribution in [0, 0.1) is 6.92 Å². The van der Waals surface area contributed by atoms with Crippen molar-refractivity contribution in [3.05, 3.63) is 22.8 Å². The van der Waals surface area contributed by atoms with Gasteiger partial charge in [0.05, 0.1) is 12.6 Å². The summed E-state index contributed by atoms with van der Waals surface area (Å²) in [6.07, 6.45) is -1.53. The van der Waals surface area contributed by atoms with Crippen LogP contribution >= 0.6 is 0 Å². The van der Waals surface area contributed by atoms with E-state index in [-0.39, 0.29) is 12.6 Å². The summed E-state index contributed by atoms with van der Waals surface area (Å²) >= 11 is 0. The van der Waals surface area contributed by atoms with E-state index >= 15 is 0 Å². The molecule has 19 heavy (non-hydrogen) atoms. The number of rotatable bonds is 6. The zero-order valence-corrected chi connectivity index (χ0v) is 12.3. The fourth-order valence-corrected chi connectivity index (χ4v) is 2.24. The normalized spacial score (nSPS) is 13.3. The fourth-order valence-electron chi connectivity index (χ4n) is 2.24. The number of aromatic nitrogens is 2. The number of aryl methyl sites for hydroxylation is 2. The average Bonchev–Trinajstić information content (AvgIpc) is 2.34. The number of alkyl halides is 2. The van der Waals surface area contributed by atoms with Gasteiger partial charge >= 0.3 is 0 Å². The molecule has 1 N–H and O–H groups in total. The molecule has 0 aliphatic heterocycles. The van der Waals surface area contributed by atoms with E-state index in [1.165, 1.54) is 5.56 Å². The molecule has 0 amide bonds. The van der Waals surface area contributed by atoms with E-state index < -0.39 is 6.43 Å². The van der Waals surface area contributed by atoms with Crippen molar-refractivity contribution in [1.29, 1.82) is 0 Å². The standard InChI is InChI=1S/C14H23F2N3/c1-6-11-13(8(2)3)9(4)18-14(19-11)10(5)17-7-12(15)16/h8,10,12,17H,6-7H2,1-5H3/t10-/m1/s1. The zero-order valence-electron chi connectivity index (χ0n) is 12.3. The molecule has 0 aliphatic rings. The number of nitrogens with one attached hydrogen (secondary N) is 1. The Morgan fingerprint density at radius 1 is 1.16 bits per heavy atom. The molecule has 1 atom stereocenters. The monoisotopic (exact) mass is 271 g/mol. The lowest BCUT2D eigenvalue weighted by molar-refractivity contribution is 0.141. The highest BCUT2D eigenvalue weighted by molar-refractivity contribution is 5.29. The highest BCUT2D eigenvalue weighted by atomic mass is 19.3. The summed E-state index contributed by atoms with van der Waals surface area (Å²) in [5, 5.41) is 2.75. The Balaban J connectivity index is 3.01. The van der Waals surface area contributed by atoms with Crippen molar-refractivity contribution in [2.24, 2.45) is 0 Å². The highest BCUT2D eigenvalue weighted by Gasteiger charge is 2.17. The Hall–Kier alpha value is -1.10. The van der Waals surface area contributed by atoms with Gasteiger partial charge in [-0.05, 0) is 31.7 Å². The van der Waals surface area contributed by atoms with Crippen LogP contribution in [-0.4, -0.2) is 22.9 Å². The van der Waals surface area contributed by atoms with E-state index in [0.717, 1.165) is 17.8 Å². The van der Waals surface area contributed by atoms with Crippen molar-refractivity contribution in [1.82, 2.24) is 15.3 Å². The Labute approximate surface area is 113 Å². The molecule has 1 heterocycles. The van der Waals surface area contributed by atoms with E-state index in [1.54, 1.807) is 0 Å². The predicted molar refractivity (Wildman–Crippen MR) is 72.7 cm³/mol. The second-order valence-electron chi connectivity index (χ2n) is 5.06. The van der Waals surface area contributed by atoms with Crippen LogP contribution in [-0.2, 0) is 6.42 Å². The highest BCUT2D eigenvalue weighted by Crippen LogP contribution is 2.23. The quantitative estimate of drug-likeness (QED) is 0.862. The first-order valence-electron chi connectivity index (χ1n) is 6.75. The maximum atomic E-state index is 12.2. The summed E-state index contributed by atoms with van der Waals surface area (Å²) in [6, 6.07) is -0.265. The number of halogens is 2. The molecule has 0 aromatic carbocycles. The molecular formula is C14H23F2N3. The van der Waals surface area contributed by atoms with E-state index in [9.17, 15) is 8.78 Å². The van der Waals surface area contributed by atoms with Crippen molar-refractivity contribution >= 4 is 0 Å². The Morgan fingerprint density at radius 3 is 2.26 bits per heavy atom. The molecular weight excluding hydrogens is 248 g/mol. The molecule has 0 fully saturated rings. The van der Waals surface area contributed by atoms with Crippen LogP contribution in [0.3, 0.4) is 0 Å². The molecule has 5 heteroatoms. The lowest BCUT2D eigenvalue weighted by atomic mass is 9.98. The molecule has 0 saturated carbocycles. The molecule has 0 radical (unpaired) electrons. The van der Waals surface area contributed by atoms with Crippen LogP contribution in [0.2, 0.25) is 0 Å². The van der Waals surface area contributed by atoms with Crippen LogP contribution in [0.4, 0.5) is 8.78 Å². The number of nitrogens with zero attached hydrogens (tertiary/aromatic N) is 2. The first kappa shape index (κ1) is 16.0. The van der Waals surface area contributed by atoms with Gasteiger partial charge in [-0.25, -0.2) is 18.7 Å². The fraction of sp³-hybridized carbons (Fsp3) is 0.714. The van der Waals surface area contributed by atoms with Crippen molar-refractivity contribution in [3.63, 3.8) is 0 Å². The van der Waals surface area contributed by atoms with Gasteiger partial charge in [0.2, 0.25) is 0 Å². The van der Waals surface area contributed by atoms with E-state index in [2.05, 4.69) is 36.1 Å². The van der Waals surface area contributed by atoms with Gasteiger partial charge in [-0.2, -0.15) is 0 Å². The van der Waals surface area contributed by atoms with Crippen LogP contribution in [0.5, 0.6) is 0 Å². The predicted octanol–water partition coefficient (Wildman–Crippen LogP) is 3.39. The second-order valence-corrected chi connectivity index (χ2v) is 5.06. The van der Waals surface area contributed by atoms with Gasteiger partial charge in [-0.1, -0.05) is 20.8 Å². The molecule has 0 spiro atoms. The lowest BCUT2D eigenvalue weighted by Gasteiger charge is -2.18. The van der Waals surface area contributed by atoms with Crippen molar-refractivity contribution in [2.45, 2.75) is 59.4 Å². The summed E-state index contributed by atoms with van der Waals surface area (Å²) < 4.78 is 24.4. The Bertz CT molecular complexity index is 419. The minimum atomic E-state index is -2.36. The molecule has 0 bridgehead atoms. The van der Waals surface area contributed by atoms with Gasteiger partial charge in [0.1, 0.15) is 5.82 Å². The van der Waals surface area contributed by atoms with Crippen LogP contribution in [0.25, 0.3) is 0 Å². The van der Waals surface area contributed by atoms with Crippen LogP contribution < -0.4 is 5.32 Å². The first-order chi connectivity index (χ1) is 8.86. The van der Waals surface area contributed by atoms with Gasteiger partial charge in [0.25, 0.3) is 6.43 Å². The second kappa shape index (κ2) is 6.89. The topological polar surface area (TPSA) is 37.8 Å². The molecule has 0 saturated heterocycles. The Kier molecular flexibility index (Phi) is 5.79. The molecule has 1 aromatic rings. The van der Waals surface area contributed by atoms with Crippen LogP contribution in [0.1, 0.15) is 62.4 Å². The summed E-state index contributed by atoms with van der Waals surface area (Å²) in [5.74, 6) is 0.965. The third-order valence-corrected chi connectivity index (χ3v) is 3.11. The molecule has 1 aromatic heterocycles. The first-order valence-corrected chi connectivity index (χ1v) is 6.75. The summed E-state index contributed by atoms with van der Waals surface area (Å²) in [4.78, 5) is 8.99. The SMILES string of the molecule is CCc1nc([C@@H](C)NCC(F)F)nc(C)c1C(C)C. The van der Waals surface area contributed by atoms with Gasteiger partial charge in [0.15, 0.2) is 0 Å². The van der Waals surface area contributed by atoms with Crippen molar-refractivity contribution in [3.8, 4) is 0 Å². The van der Waals surface area contributed by atoms with E-state index in [4.69, 9.17) is 0 Å². The largest absolute Gasteiger partial charge is 0.302 e. The van der Waals surface area contributed by atoms with Gasteiger partial charge in [0, 0.05) is 11.4 Å². The molecule has 3 nitrogen and oxygen atoms in total. The van der Waals surface area contributed by atoms with E-state index in [1.807, 2.05) is 13.8 Å². The van der Waals surface area contributed by atoms with Crippen molar-refractivity contribution < 1.29 is 8.78 Å². The maximum absolute atomic E-state index is 12.2. The third kappa shape index (κ3) is 4.20. The summed E-state index contributed by atoms with van der Waals surface area (Å²) in [6.45, 7) is 9.71. The molecule has 108 valence electrons. The number of hydrogen-bond acceptors (Lipinski definition) is 3. The van der Waals surface area contributed by atoms with Crippen molar-refractivity contribution in [2.75, 3.05) is 6.54 Å². The molecule has 0 unspecified atom stereocenters. The van der Waals surface area contributed by atoms with E-state index in [0.29, 0.717) is 11.7 Å². The summed E-state index contributed by atoms with van der Waals surface area (Å²) in [7, 11) is 0. The van der Waals surface area contributed by atoms with Gasteiger partial charge in [-0.3, -0.25) is 0 Å². The summed E-state index contributed by atoms with van der Waals surface area (Å²) in [5.41, 5.74) is 3.14.